The molecule has 0 saturated carbocycles. The molecule has 0 radical (unpaired) electrons. The van der Waals surface area contributed by atoms with Crippen LogP contribution < -0.4 is 0 Å². The van der Waals surface area contributed by atoms with Crippen LogP contribution in [0.15, 0.2) is 54.7 Å². The lowest BCUT2D eigenvalue weighted by Crippen LogP contribution is -2.27. The third kappa shape index (κ3) is 4.45. The molecule has 0 unspecified atom stereocenters. The molecule has 4 aromatic rings. The summed E-state index contributed by atoms with van der Waals surface area (Å²) in [6.07, 6.45) is 1.49. The first-order valence-corrected chi connectivity index (χ1v) is 10.7. The highest BCUT2D eigenvalue weighted by Gasteiger charge is 2.18. The van der Waals surface area contributed by atoms with Crippen molar-refractivity contribution in [2.24, 2.45) is 0 Å². The fourth-order valence-corrected chi connectivity index (χ4v) is 3.69. The maximum absolute atomic E-state index is 13.0. The molecule has 0 spiro atoms. The topological polar surface area (TPSA) is 90.2 Å². The van der Waals surface area contributed by atoms with E-state index in [-0.39, 0.29) is 5.91 Å². The first-order valence-electron chi connectivity index (χ1n) is 10.7. The number of hydrogen-bond acceptors (Lipinski definition) is 6. The highest BCUT2D eigenvalue weighted by Crippen LogP contribution is 2.18. The second kappa shape index (κ2) is 9.20. The number of aromatic nitrogens is 4. The van der Waals surface area contributed by atoms with Gasteiger partial charge >= 0.3 is 5.97 Å². The summed E-state index contributed by atoms with van der Waals surface area (Å²) in [5.74, 6) is 0.0542. The monoisotopic (exact) mass is 443 g/mol. The van der Waals surface area contributed by atoms with Crippen LogP contribution in [0.2, 0.25) is 0 Å². The lowest BCUT2D eigenvalue weighted by molar-refractivity contribution is 0.0525. The number of nitrogens with zero attached hydrogens (tertiary/aromatic N) is 5. The Hall–Kier alpha value is -4.07. The summed E-state index contributed by atoms with van der Waals surface area (Å²) in [6, 6.07) is 14.9. The van der Waals surface area contributed by atoms with E-state index >= 15 is 0 Å². The molecule has 2 heterocycles. The summed E-state index contributed by atoms with van der Waals surface area (Å²) in [4.78, 5) is 35.7. The molecule has 0 aliphatic rings. The number of carbonyl (C=O) groups excluding carboxylic acids is 2. The quantitative estimate of drug-likeness (QED) is 0.420. The van der Waals surface area contributed by atoms with Crippen molar-refractivity contribution in [1.29, 1.82) is 0 Å². The summed E-state index contributed by atoms with van der Waals surface area (Å²) < 4.78 is 6.71. The van der Waals surface area contributed by atoms with Crippen molar-refractivity contribution in [1.82, 2.24) is 24.6 Å². The summed E-state index contributed by atoms with van der Waals surface area (Å²) >= 11 is 0. The Bertz CT molecular complexity index is 1330. The highest BCUT2D eigenvalue weighted by molar-refractivity contribution is 5.94. The van der Waals surface area contributed by atoms with Gasteiger partial charge in [0.25, 0.3) is 5.91 Å². The van der Waals surface area contributed by atoms with E-state index in [0.717, 1.165) is 22.3 Å². The molecule has 0 aliphatic carbocycles. The molecule has 2 aromatic heterocycles. The molecule has 8 heteroatoms. The van der Waals surface area contributed by atoms with Crippen LogP contribution in [0, 0.1) is 13.8 Å². The minimum Gasteiger partial charge on any atom is -0.462 e. The number of fused-ring (bicyclic) bond motifs is 1. The maximum Gasteiger partial charge on any atom is 0.341 e. The minimum absolute atomic E-state index is 0.139. The van der Waals surface area contributed by atoms with E-state index in [1.54, 1.807) is 54.7 Å². The van der Waals surface area contributed by atoms with E-state index in [1.165, 1.54) is 6.20 Å². The van der Waals surface area contributed by atoms with Crippen molar-refractivity contribution in [2.45, 2.75) is 27.3 Å². The average molecular weight is 444 g/mol. The Morgan fingerprint density at radius 1 is 1.03 bits per heavy atom. The summed E-state index contributed by atoms with van der Waals surface area (Å²) in [6.45, 7) is 6.11. The number of ether oxygens (including phenoxy) is 1. The maximum atomic E-state index is 13.0. The molecule has 0 N–H and O–H groups in total. The van der Waals surface area contributed by atoms with Crippen LogP contribution in [0.4, 0.5) is 0 Å². The molecule has 4 rings (SSSR count). The SMILES string of the molecule is CCOC(=O)c1cnn(-c2ccc(C(=O)N(C)Cc3nc(C)c4ccccc4n3)cc2)c1C. The molecule has 0 atom stereocenters. The van der Waals surface area contributed by atoms with Gasteiger partial charge in [-0.05, 0) is 51.1 Å². The molecule has 0 saturated heterocycles. The number of rotatable bonds is 6. The first-order chi connectivity index (χ1) is 15.9. The van der Waals surface area contributed by atoms with Gasteiger partial charge < -0.3 is 9.64 Å². The predicted octanol–water partition coefficient (Wildman–Crippen LogP) is 3.88. The van der Waals surface area contributed by atoms with Crippen molar-refractivity contribution in [3.63, 3.8) is 0 Å². The van der Waals surface area contributed by atoms with Gasteiger partial charge in [0.2, 0.25) is 0 Å². The molecule has 0 bridgehead atoms. The van der Waals surface area contributed by atoms with Gasteiger partial charge in [-0.25, -0.2) is 19.4 Å². The molecule has 168 valence electrons. The molecule has 0 fully saturated rings. The average Bonchev–Trinajstić information content (AvgIpc) is 3.20. The third-order valence-corrected chi connectivity index (χ3v) is 5.43. The first kappa shape index (κ1) is 22.1. The fourth-order valence-electron chi connectivity index (χ4n) is 3.69. The Morgan fingerprint density at radius 3 is 2.48 bits per heavy atom. The zero-order valence-corrected chi connectivity index (χ0v) is 19.1. The summed E-state index contributed by atoms with van der Waals surface area (Å²) in [5, 5.41) is 5.30. The van der Waals surface area contributed by atoms with Crippen molar-refractivity contribution in [3.05, 3.63) is 83.1 Å². The molecule has 0 aliphatic heterocycles. The number of aryl methyl sites for hydroxylation is 1. The number of amides is 1. The van der Waals surface area contributed by atoms with Crippen molar-refractivity contribution in [3.8, 4) is 5.69 Å². The van der Waals surface area contributed by atoms with Gasteiger partial charge in [-0.2, -0.15) is 5.10 Å². The van der Waals surface area contributed by atoms with Crippen LogP contribution in [0.25, 0.3) is 16.6 Å². The van der Waals surface area contributed by atoms with Crippen molar-refractivity contribution in [2.75, 3.05) is 13.7 Å². The summed E-state index contributed by atoms with van der Waals surface area (Å²) in [7, 11) is 1.73. The second-order valence-corrected chi connectivity index (χ2v) is 7.73. The van der Waals surface area contributed by atoms with Gasteiger partial charge in [-0.1, -0.05) is 18.2 Å². The number of benzene rings is 2. The van der Waals surface area contributed by atoms with E-state index in [4.69, 9.17) is 4.74 Å². The number of esters is 1. The normalized spacial score (nSPS) is 10.9. The predicted molar refractivity (Wildman–Crippen MR) is 124 cm³/mol. The lowest BCUT2D eigenvalue weighted by atomic mass is 10.1. The van der Waals surface area contributed by atoms with Crippen molar-refractivity contribution >= 4 is 22.8 Å². The molecule has 2 aromatic carbocycles. The Morgan fingerprint density at radius 2 is 1.76 bits per heavy atom. The zero-order chi connectivity index (χ0) is 23.5. The van der Waals surface area contributed by atoms with Crippen LogP contribution in [0.5, 0.6) is 0 Å². The van der Waals surface area contributed by atoms with E-state index in [2.05, 4.69) is 15.1 Å². The Labute approximate surface area is 191 Å². The molecule has 8 nitrogen and oxygen atoms in total. The third-order valence-electron chi connectivity index (χ3n) is 5.43. The standard InChI is InChI=1S/C25H25N5O3/c1-5-33-25(32)21-14-26-30(17(21)3)19-12-10-18(11-13-19)24(31)29(4)15-23-27-16(2)20-8-6-7-9-22(20)28-23/h6-14H,5,15H2,1-4H3. The second-order valence-electron chi connectivity index (χ2n) is 7.73. The largest absolute Gasteiger partial charge is 0.462 e. The zero-order valence-electron chi connectivity index (χ0n) is 19.1. The van der Waals surface area contributed by atoms with Gasteiger partial charge in [0.05, 0.1) is 36.2 Å². The van der Waals surface area contributed by atoms with Gasteiger partial charge in [0.15, 0.2) is 0 Å². The number of carbonyl (C=O) groups is 2. The van der Waals surface area contributed by atoms with E-state index in [1.807, 2.05) is 31.2 Å². The lowest BCUT2D eigenvalue weighted by Gasteiger charge is -2.17. The van der Waals surface area contributed by atoms with Gasteiger partial charge in [0, 0.05) is 23.7 Å². The van der Waals surface area contributed by atoms with Crippen LogP contribution in [0.1, 0.15) is 44.9 Å². The Balaban J connectivity index is 1.50. The van der Waals surface area contributed by atoms with Crippen LogP contribution >= 0.6 is 0 Å². The van der Waals surface area contributed by atoms with Gasteiger partial charge in [-0.15, -0.1) is 0 Å². The molecular weight excluding hydrogens is 418 g/mol. The van der Waals surface area contributed by atoms with Crippen LogP contribution in [0.3, 0.4) is 0 Å². The van der Waals surface area contributed by atoms with Crippen LogP contribution in [-0.4, -0.2) is 50.2 Å². The van der Waals surface area contributed by atoms with E-state index in [0.29, 0.717) is 35.8 Å². The van der Waals surface area contributed by atoms with Crippen LogP contribution in [-0.2, 0) is 11.3 Å². The number of hydrogen-bond donors (Lipinski definition) is 0. The Kier molecular flexibility index (Phi) is 6.17. The fraction of sp³-hybridized carbons (Fsp3) is 0.240. The van der Waals surface area contributed by atoms with Crippen molar-refractivity contribution < 1.29 is 14.3 Å². The summed E-state index contributed by atoms with van der Waals surface area (Å²) in [5.41, 5.74) is 4.13. The van der Waals surface area contributed by atoms with Gasteiger partial charge in [-0.3, -0.25) is 4.79 Å². The minimum atomic E-state index is -0.402. The highest BCUT2D eigenvalue weighted by atomic mass is 16.5. The molecular formula is C25H25N5O3. The van der Waals surface area contributed by atoms with E-state index < -0.39 is 5.97 Å². The molecule has 33 heavy (non-hydrogen) atoms. The number of para-hydroxylation sites is 1. The van der Waals surface area contributed by atoms with Gasteiger partial charge in [0.1, 0.15) is 11.4 Å². The van der Waals surface area contributed by atoms with E-state index in [9.17, 15) is 9.59 Å². The smallest absolute Gasteiger partial charge is 0.341 e. The molecule has 1 amide bonds.